The van der Waals surface area contributed by atoms with Gasteiger partial charge in [-0.2, -0.15) is 14.1 Å². The molecule has 1 aromatic carbocycles. The zero-order valence-corrected chi connectivity index (χ0v) is 25.0. The van der Waals surface area contributed by atoms with E-state index in [0.717, 1.165) is 12.8 Å². The minimum absolute atomic E-state index is 0.0557. The number of hydrogen-bond acceptors (Lipinski definition) is 9. The van der Waals surface area contributed by atoms with Crippen LogP contribution in [-0.2, 0) is 10.0 Å². The van der Waals surface area contributed by atoms with Gasteiger partial charge in [0.25, 0.3) is 0 Å². The number of nitrogens with two attached hydrogens (primary N) is 1. The zero-order valence-electron chi connectivity index (χ0n) is 23.4. The van der Waals surface area contributed by atoms with Crippen LogP contribution in [0.5, 0.6) is 5.75 Å². The van der Waals surface area contributed by atoms with Gasteiger partial charge in [-0.15, -0.1) is 0 Å². The van der Waals surface area contributed by atoms with Crippen LogP contribution in [-0.4, -0.2) is 72.1 Å². The summed E-state index contributed by atoms with van der Waals surface area (Å²) in [5.41, 5.74) is 7.08. The van der Waals surface area contributed by atoms with Gasteiger partial charge in [0.15, 0.2) is 0 Å². The topological polar surface area (TPSA) is 137 Å². The van der Waals surface area contributed by atoms with Gasteiger partial charge in [0, 0.05) is 42.7 Å². The second-order valence-electron chi connectivity index (χ2n) is 11.8. The predicted molar refractivity (Wildman–Crippen MR) is 160 cm³/mol. The van der Waals surface area contributed by atoms with Crippen molar-refractivity contribution in [2.24, 2.45) is 17.1 Å². The molecule has 0 radical (unpaired) electrons. The molecule has 11 nitrogen and oxygen atoms in total. The van der Waals surface area contributed by atoms with Crippen LogP contribution in [0.1, 0.15) is 38.0 Å². The van der Waals surface area contributed by atoms with Gasteiger partial charge < -0.3 is 19.8 Å². The molecule has 2 aliphatic carbocycles. The van der Waals surface area contributed by atoms with Crippen LogP contribution in [0.3, 0.4) is 0 Å². The van der Waals surface area contributed by atoms with Crippen molar-refractivity contribution >= 4 is 27.3 Å². The first-order valence-electron chi connectivity index (χ1n) is 14.2. The summed E-state index contributed by atoms with van der Waals surface area (Å²) in [6, 6.07) is 6.56. The largest absolute Gasteiger partial charge is 0.486 e. The highest BCUT2D eigenvalue weighted by Crippen LogP contribution is 2.45. The van der Waals surface area contributed by atoms with E-state index in [-0.39, 0.29) is 53.4 Å². The summed E-state index contributed by atoms with van der Waals surface area (Å²) in [7, 11) is -3.58. The van der Waals surface area contributed by atoms with Crippen molar-refractivity contribution in [2.75, 3.05) is 43.4 Å². The first-order valence-corrected chi connectivity index (χ1v) is 16.2. The monoisotopic (exact) mass is 614 g/mol. The number of nitrogens with zero attached hydrogens (tertiary/aromatic N) is 5. The second kappa shape index (κ2) is 11.5. The molecule has 1 aliphatic heterocycles. The molecule has 3 unspecified atom stereocenters. The first kappa shape index (κ1) is 28.9. The molecule has 2 fully saturated rings. The van der Waals surface area contributed by atoms with Crippen molar-refractivity contribution in [1.29, 1.82) is 0 Å². The highest BCUT2D eigenvalue weighted by Gasteiger charge is 2.39. The number of piperazine rings is 1. The standard InChI is InChI=1S/C29H35ClN6O5S/c1-29(7-8-29)19-41-26-25(17-33-36(28(26)37)23-4-2-3-22(30)16-23)34-10-12-35(13-11-34)42(38,39)18-21-15-20(5-6-24(21)31)27-32-9-14-40-27/h2-6,9,14,16-17,20-21,24H,7-8,10-13,15,18-19,31H2,1H3. The van der Waals surface area contributed by atoms with E-state index in [1.165, 1.54) is 15.3 Å². The lowest BCUT2D eigenvalue weighted by Crippen LogP contribution is -2.51. The maximum absolute atomic E-state index is 13.6. The number of ether oxygens (including phenoxy) is 1. The predicted octanol–water partition coefficient (Wildman–Crippen LogP) is 3.19. The summed E-state index contributed by atoms with van der Waals surface area (Å²) >= 11 is 6.17. The molecule has 1 saturated carbocycles. The number of rotatable bonds is 9. The van der Waals surface area contributed by atoms with Gasteiger partial charge in [-0.3, -0.25) is 4.79 Å². The third-order valence-corrected chi connectivity index (χ3v) is 10.7. The van der Waals surface area contributed by atoms with E-state index < -0.39 is 10.0 Å². The average molecular weight is 615 g/mol. The summed E-state index contributed by atoms with van der Waals surface area (Å²) < 4.78 is 41.4. The molecule has 0 spiro atoms. The fourth-order valence-corrected chi connectivity index (χ4v) is 7.54. The van der Waals surface area contributed by atoms with Crippen LogP contribution in [0.2, 0.25) is 5.02 Å². The Balaban J connectivity index is 1.17. The third-order valence-electron chi connectivity index (χ3n) is 8.47. The molecule has 224 valence electrons. The number of hydrogen-bond donors (Lipinski definition) is 1. The lowest BCUT2D eigenvalue weighted by molar-refractivity contribution is 0.242. The number of halogens is 1. The van der Waals surface area contributed by atoms with Crippen molar-refractivity contribution in [3.05, 3.63) is 76.3 Å². The van der Waals surface area contributed by atoms with Gasteiger partial charge in [0.2, 0.25) is 21.7 Å². The molecule has 6 rings (SSSR count). The van der Waals surface area contributed by atoms with Crippen molar-refractivity contribution < 1.29 is 17.6 Å². The van der Waals surface area contributed by atoms with Gasteiger partial charge in [0.05, 0.1) is 36.4 Å². The first-order chi connectivity index (χ1) is 20.1. The van der Waals surface area contributed by atoms with Crippen LogP contribution < -0.4 is 20.9 Å². The maximum atomic E-state index is 13.6. The van der Waals surface area contributed by atoms with E-state index in [0.29, 0.717) is 48.4 Å². The molecule has 1 saturated heterocycles. The highest BCUT2D eigenvalue weighted by molar-refractivity contribution is 7.89. The number of oxazole rings is 1. The van der Waals surface area contributed by atoms with Crippen molar-refractivity contribution in [1.82, 2.24) is 19.1 Å². The van der Waals surface area contributed by atoms with E-state index in [1.54, 1.807) is 36.7 Å². The normalized spacial score (nSPS) is 24.1. The Labute approximate surface area is 250 Å². The summed E-state index contributed by atoms with van der Waals surface area (Å²) in [6.45, 7) is 3.90. The summed E-state index contributed by atoms with van der Waals surface area (Å²) in [5.74, 6) is 0.359. The van der Waals surface area contributed by atoms with E-state index in [2.05, 4.69) is 17.0 Å². The van der Waals surface area contributed by atoms with Crippen molar-refractivity contribution in [3.63, 3.8) is 0 Å². The molecule has 0 amide bonds. The molecule has 2 N–H and O–H groups in total. The zero-order chi connectivity index (χ0) is 29.5. The Kier molecular flexibility index (Phi) is 7.90. The van der Waals surface area contributed by atoms with E-state index in [1.807, 2.05) is 17.1 Å². The molecule has 0 bridgehead atoms. The smallest absolute Gasteiger partial charge is 0.316 e. The number of sulfonamides is 1. The SMILES string of the molecule is CC1(COc2c(N3CCN(S(=O)(=O)CC4CC(c5ncco5)C=CC4N)CC3)cnn(-c3cccc(Cl)c3)c2=O)CC1. The van der Waals surface area contributed by atoms with Crippen LogP contribution in [0.25, 0.3) is 5.69 Å². The molecule has 3 aliphatic rings. The summed E-state index contributed by atoms with van der Waals surface area (Å²) in [5, 5.41) is 4.92. The average Bonchev–Trinajstić information content (AvgIpc) is 3.46. The molecule has 2 aromatic heterocycles. The molecule has 13 heteroatoms. The molecular weight excluding hydrogens is 580 g/mol. The lowest BCUT2D eigenvalue weighted by Gasteiger charge is -2.37. The molecular formula is C29H35ClN6O5S. The number of benzene rings is 1. The Morgan fingerprint density at radius 2 is 1.98 bits per heavy atom. The summed E-state index contributed by atoms with van der Waals surface area (Å²) in [4.78, 5) is 19.8. The number of aromatic nitrogens is 3. The van der Waals surface area contributed by atoms with Gasteiger partial charge in [-0.05, 0) is 43.4 Å². The molecule has 42 heavy (non-hydrogen) atoms. The fourth-order valence-electron chi connectivity index (χ4n) is 5.53. The molecule has 3 heterocycles. The Hall–Kier alpha value is -3.19. The third kappa shape index (κ3) is 6.12. The minimum Gasteiger partial charge on any atom is -0.486 e. The lowest BCUT2D eigenvalue weighted by atomic mass is 9.84. The van der Waals surface area contributed by atoms with Gasteiger partial charge in [0.1, 0.15) is 12.0 Å². The van der Waals surface area contributed by atoms with Crippen molar-refractivity contribution in [2.45, 2.75) is 38.1 Å². The number of allylic oxidation sites excluding steroid dienone is 1. The van der Waals surface area contributed by atoms with Crippen molar-refractivity contribution in [3.8, 4) is 11.4 Å². The minimum atomic E-state index is -3.58. The van der Waals surface area contributed by atoms with Gasteiger partial charge in [-0.25, -0.2) is 13.4 Å². The van der Waals surface area contributed by atoms with Crippen LogP contribution in [0.15, 0.2) is 64.3 Å². The quantitative estimate of drug-likeness (QED) is 0.360. The van der Waals surface area contributed by atoms with Gasteiger partial charge in [-0.1, -0.05) is 36.7 Å². The van der Waals surface area contributed by atoms with E-state index >= 15 is 0 Å². The van der Waals surface area contributed by atoms with Crippen LogP contribution in [0, 0.1) is 11.3 Å². The highest BCUT2D eigenvalue weighted by atomic mass is 35.5. The fraction of sp³-hybridized carbons (Fsp3) is 0.483. The Bertz CT molecular complexity index is 1610. The van der Waals surface area contributed by atoms with E-state index in [9.17, 15) is 13.2 Å². The molecule has 3 aromatic rings. The summed E-state index contributed by atoms with van der Waals surface area (Å²) in [6.07, 6.45) is 11.1. The van der Waals surface area contributed by atoms with Crippen LogP contribution in [0.4, 0.5) is 5.69 Å². The van der Waals surface area contributed by atoms with E-state index in [4.69, 9.17) is 26.5 Å². The second-order valence-corrected chi connectivity index (χ2v) is 14.2. The maximum Gasteiger partial charge on any atom is 0.316 e. The number of anilines is 1. The molecule has 3 atom stereocenters. The Morgan fingerprint density at radius 1 is 1.19 bits per heavy atom. The van der Waals surface area contributed by atoms with Crippen LogP contribution >= 0.6 is 11.6 Å². The van der Waals surface area contributed by atoms with Gasteiger partial charge >= 0.3 is 5.56 Å². The Morgan fingerprint density at radius 3 is 2.67 bits per heavy atom.